The number of hydrogen-bond acceptors (Lipinski definition) is 8. The zero-order valence-corrected chi connectivity index (χ0v) is 19.6. The minimum absolute atomic E-state index is 0. The van der Waals surface area contributed by atoms with Crippen LogP contribution in [0.5, 0.6) is 0 Å². The molecule has 0 saturated heterocycles. The minimum Gasteiger partial charge on any atom is -0.876 e. The molecule has 0 aliphatic rings. The molecule has 0 aromatic carbocycles. The van der Waals surface area contributed by atoms with Crippen molar-refractivity contribution in [2.24, 2.45) is 0 Å². The second-order valence-corrected chi connectivity index (χ2v) is 5.46. The summed E-state index contributed by atoms with van der Waals surface area (Å²) in [5.41, 5.74) is 0. The van der Waals surface area contributed by atoms with Crippen LogP contribution >= 0.6 is 0 Å². The molecule has 0 rings (SSSR count). The van der Waals surface area contributed by atoms with Gasteiger partial charge in [-0.3, -0.25) is 19.2 Å². The standard InChI is InChI=1S/4C5H8O2.Ti/c4*1-4(6)3-5(2)7;/h4*3,6H,1-2H3;/q;;;;+4/p-4. The molecule has 0 fully saturated rings. The van der Waals surface area contributed by atoms with Gasteiger partial charge in [0.15, 0.2) is 23.1 Å². The third-order valence-electron chi connectivity index (χ3n) is 1.63. The molecule has 0 aromatic rings. The van der Waals surface area contributed by atoms with Crippen LogP contribution in [0.4, 0.5) is 0 Å². The fourth-order valence-electron chi connectivity index (χ4n) is 1.14. The maximum Gasteiger partial charge on any atom is 4.00 e. The van der Waals surface area contributed by atoms with Gasteiger partial charge in [0.05, 0.1) is 0 Å². The van der Waals surface area contributed by atoms with Crippen LogP contribution < -0.4 is 20.4 Å². The van der Waals surface area contributed by atoms with Gasteiger partial charge in [0, 0.05) is 0 Å². The van der Waals surface area contributed by atoms with Gasteiger partial charge in [-0.15, -0.1) is 23.0 Å². The normalized spacial score (nSPS) is 11.0. The van der Waals surface area contributed by atoms with Crippen molar-refractivity contribution in [1.29, 1.82) is 0 Å². The summed E-state index contributed by atoms with van der Waals surface area (Å²) in [5.74, 6) is -1.50. The Kier molecular flexibility index (Phi) is 30.4. The Hall–Kier alpha value is -2.45. The summed E-state index contributed by atoms with van der Waals surface area (Å²) >= 11 is 0. The molecule has 0 unspecified atom stereocenters. The fraction of sp³-hybridized carbons (Fsp3) is 0.400. The van der Waals surface area contributed by atoms with Crippen LogP contribution in [0.15, 0.2) is 47.3 Å². The molecular formula is C20H28O8Ti. The van der Waals surface area contributed by atoms with Crippen molar-refractivity contribution in [2.75, 3.05) is 0 Å². The van der Waals surface area contributed by atoms with Gasteiger partial charge in [-0.05, 0) is 52.0 Å². The van der Waals surface area contributed by atoms with Crippen LogP contribution in [0, 0.1) is 0 Å². The number of carbonyl (C=O) groups is 4. The summed E-state index contributed by atoms with van der Waals surface area (Å²) in [6, 6.07) is 0. The van der Waals surface area contributed by atoms with Gasteiger partial charge < -0.3 is 20.4 Å². The van der Waals surface area contributed by atoms with Crippen molar-refractivity contribution in [3.63, 3.8) is 0 Å². The van der Waals surface area contributed by atoms with Gasteiger partial charge in [0.1, 0.15) is 0 Å². The molecule has 0 heterocycles. The topological polar surface area (TPSA) is 161 Å². The van der Waals surface area contributed by atoms with Gasteiger partial charge in [0.2, 0.25) is 0 Å². The largest absolute Gasteiger partial charge is 4.00 e. The van der Waals surface area contributed by atoms with Crippen molar-refractivity contribution in [2.45, 2.75) is 55.4 Å². The molecule has 0 aliphatic carbocycles. The van der Waals surface area contributed by atoms with Crippen LogP contribution in [0.2, 0.25) is 0 Å². The number of rotatable bonds is 4. The molecule has 0 spiro atoms. The molecular weight excluding hydrogens is 416 g/mol. The minimum atomic E-state index is -0.187. The molecule has 0 aromatic heterocycles. The number of hydrogen-bond donors (Lipinski definition) is 0. The van der Waals surface area contributed by atoms with E-state index in [0.717, 1.165) is 24.3 Å². The van der Waals surface area contributed by atoms with Crippen LogP contribution in [-0.2, 0) is 40.9 Å². The second-order valence-electron chi connectivity index (χ2n) is 5.46. The molecule has 9 heteroatoms. The first-order valence-electron chi connectivity index (χ1n) is 7.94. The van der Waals surface area contributed by atoms with E-state index in [1.54, 1.807) is 0 Å². The zero-order chi connectivity index (χ0) is 23.4. The second kappa shape index (κ2) is 23.6. The van der Waals surface area contributed by atoms with Crippen molar-refractivity contribution in [3.05, 3.63) is 47.3 Å². The Bertz CT molecular complexity index is 513. The Morgan fingerprint density at radius 3 is 0.517 bits per heavy atom. The smallest absolute Gasteiger partial charge is 0.876 e. The molecule has 0 radical (unpaired) electrons. The van der Waals surface area contributed by atoms with Crippen molar-refractivity contribution >= 4 is 23.1 Å². The summed E-state index contributed by atoms with van der Waals surface area (Å²) in [6.07, 6.45) is 4.22. The van der Waals surface area contributed by atoms with E-state index in [4.69, 9.17) is 0 Å². The third kappa shape index (κ3) is 77.2. The third-order valence-corrected chi connectivity index (χ3v) is 1.63. The predicted molar refractivity (Wildman–Crippen MR) is 97.8 cm³/mol. The molecule has 8 nitrogen and oxygen atoms in total. The summed E-state index contributed by atoms with van der Waals surface area (Å²) in [5, 5.41) is 39.9. The monoisotopic (exact) mass is 444 g/mol. The van der Waals surface area contributed by atoms with Gasteiger partial charge in [-0.2, -0.15) is 0 Å². The maximum absolute atomic E-state index is 9.98. The average molecular weight is 444 g/mol. The van der Waals surface area contributed by atoms with E-state index in [1.165, 1.54) is 55.4 Å². The molecule has 160 valence electrons. The summed E-state index contributed by atoms with van der Waals surface area (Å²) in [4.78, 5) is 39.9. The molecule has 0 atom stereocenters. The quantitative estimate of drug-likeness (QED) is 0.314. The van der Waals surface area contributed by atoms with Crippen molar-refractivity contribution in [1.82, 2.24) is 0 Å². The van der Waals surface area contributed by atoms with Crippen molar-refractivity contribution < 1.29 is 61.3 Å². The van der Waals surface area contributed by atoms with Crippen LogP contribution in [-0.4, -0.2) is 23.1 Å². The van der Waals surface area contributed by atoms with E-state index in [2.05, 4.69) is 0 Å². The van der Waals surface area contributed by atoms with E-state index in [1.807, 2.05) is 0 Å². The van der Waals surface area contributed by atoms with Crippen LogP contribution in [0.25, 0.3) is 0 Å². The van der Waals surface area contributed by atoms with E-state index in [0.29, 0.717) is 0 Å². The first-order chi connectivity index (χ1) is 12.5. The first kappa shape index (κ1) is 37.3. The first-order valence-corrected chi connectivity index (χ1v) is 7.94. The van der Waals surface area contributed by atoms with Crippen LogP contribution in [0.1, 0.15) is 55.4 Å². The molecule has 29 heavy (non-hydrogen) atoms. The molecule has 0 saturated carbocycles. The fourth-order valence-corrected chi connectivity index (χ4v) is 1.14. The van der Waals surface area contributed by atoms with Crippen molar-refractivity contribution in [3.8, 4) is 0 Å². The van der Waals surface area contributed by atoms with E-state index >= 15 is 0 Å². The molecule has 0 N–H and O–H groups in total. The molecule has 0 amide bonds. The van der Waals surface area contributed by atoms with Gasteiger partial charge in [-0.25, -0.2) is 0 Å². The summed E-state index contributed by atoms with van der Waals surface area (Å²) in [7, 11) is 0. The van der Waals surface area contributed by atoms with Crippen LogP contribution in [0.3, 0.4) is 0 Å². The number of allylic oxidation sites excluding steroid dienone is 8. The average Bonchev–Trinajstić information content (AvgIpc) is 2.32. The van der Waals surface area contributed by atoms with E-state index < -0.39 is 0 Å². The van der Waals surface area contributed by atoms with Gasteiger partial charge >= 0.3 is 21.7 Å². The Morgan fingerprint density at radius 1 is 0.414 bits per heavy atom. The number of carbonyl (C=O) groups excluding carboxylic acids is 4. The Balaban J connectivity index is -0.0000000873. The summed E-state index contributed by atoms with van der Waals surface area (Å²) in [6.45, 7) is 10.8. The summed E-state index contributed by atoms with van der Waals surface area (Å²) < 4.78 is 0. The molecule has 0 bridgehead atoms. The van der Waals surface area contributed by atoms with E-state index in [-0.39, 0.29) is 67.9 Å². The SMILES string of the molecule is CC(=O)C=C(C)[O-].CC(=O)C=C(C)[O-].CC(=O)C=C(C)[O-].CC(=O)C=C(C)[O-].[Ti+4]. The Labute approximate surface area is 187 Å². The predicted octanol–water partition coefficient (Wildman–Crippen LogP) is -0.644. The number of ketones is 4. The maximum atomic E-state index is 9.98. The van der Waals surface area contributed by atoms with Gasteiger partial charge in [-0.1, -0.05) is 27.7 Å². The Morgan fingerprint density at radius 2 is 0.517 bits per heavy atom. The zero-order valence-electron chi connectivity index (χ0n) is 18.1. The van der Waals surface area contributed by atoms with E-state index in [9.17, 15) is 39.6 Å². The van der Waals surface area contributed by atoms with Gasteiger partial charge in [0.25, 0.3) is 0 Å². The molecule has 0 aliphatic heterocycles.